The van der Waals surface area contributed by atoms with E-state index in [2.05, 4.69) is 11.6 Å². The van der Waals surface area contributed by atoms with Gasteiger partial charge >= 0.3 is 0 Å². The maximum Gasteiger partial charge on any atom is 0.0431 e. The summed E-state index contributed by atoms with van der Waals surface area (Å²) in [6.45, 7) is 0.708. The molecule has 0 amide bonds. The highest BCUT2D eigenvalue weighted by Crippen LogP contribution is 2.26. The monoisotopic (exact) mass is 253 g/mol. The highest BCUT2D eigenvalue weighted by Gasteiger charge is 2.19. The molecule has 82 valence electrons. The molecule has 1 N–H and O–H groups in total. The molecule has 0 aromatic rings. The van der Waals surface area contributed by atoms with E-state index in [-0.39, 0.29) is 0 Å². The normalized spacial score (nSPS) is 29.2. The number of nitrogens with one attached hydrogen (secondary N) is 1. The van der Waals surface area contributed by atoms with Crippen LogP contribution in [0.3, 0.4) is 0 Å². The largest absolute Gasteiger partial charge is 0.309 e. The Kier molecular flexibility index (Phi) is 6.34. The zero-order valence-electron chi connectivity index (χ0n) is 8.43. The van der Waals surface area contributed by atoms with E-state index in [1.165, 1.54) is 31.2 Å². The summed E-state index contributed by atoms with van der Waals surface area (Å²) in [5.74, 6) is 0. The van der Waals surface area contributed by atoms with Crippen LogP contribution in [0.2, 0.25) is 0 Å². The molecule has 0 radical (unpaired) electrons. The van der Waals surface area contributed by atoms with E-state index in [1.807, 2.05) is 11.8 Å². The molecule has 0 saturated heterocycles. The summed E-state index contributed by atoms with van der Waals surface area (Å²) in [6.07, 6.45) is 7.36. The third kappa shape index (κ3) is 4.43. The van der Waals surface area contributed by atoms with Gasteiger partial charge in [0.05, 0.1) is 0 Å². The van der Waals surface area contributed by atoms with Crippen molar-refractivity contribution >= 4 is 35.0 Å². The van der Waals surface area contributed by atoms with Crippen LogP contribution in [0, 0.1) is 0 Å². The number of rotatable bonds is 4. The first-order valence-corrected chi connectivity index (χ1v) is 7.07. The first-order chi connectivity index (χ1) is 6.76. The molecule has 1 rings (SSSR count). The molecule has 0 aromatic carbocycles. The van der Waals surface area contributed by atoms with Crippen LogP contribution in [0.1, 0.15) is 25.7 Å². The predicted octanol–water partition coefficient (Wildman–Crippen LogP) is 3.57. The fourth-order valence-electron chi connectivity index (χ4n) is 1.78. The minimum Gasteiger partial charge on any atom is -0.309 e. The quantitative estimate of drug-likeness (QED) is 0.823. The van der Waals surface area contributed by atoms with Gasteiger partial charge in [-0.25, -0.2) is 0 Å². The number of thioether (sulfide) groups is 1. The molecule has 1 aliphatic carbocycles. The molecule has 0 heterocycles. The lowest BCUT2D eigenvalue weighted by atomic mass is 9.95. The van der Waals surface area contributed by atoms with Gasteiger partial charge in [-0.1, -0.05) is 23.2 Å². The minimum atomic E-state index is 0.628. The van der Waals surface area contributed by atoms with Gasteiger partial charge in [-0.15, -0.1) is 0 Å². The Morgan fingerprint density at radius 3 is 2.57 bits per heavy atom. The highest BCUT2D eigenvalue weighted by molar-refractivity contribution is 7.99. The molecule has 0 bridgehead atoms. The van der Waals surface area contributed by atoms with Crippen molar-refractivity contribution in [3.8, 4) is 0 Å². The van der Waals surface area contributed by atoms with Crippen molar-refractivity contribution in [2.75, 3.05) is 12.8 Å². The van der Waals surface area contributed by atoms with Crippen molar-refractivity contribution in [1.29, 1.82) is 0 Å². The van der Waals surface area contributed by atoms with E-state index >= 15 is 0 Å². The third-order valence-corrected chi connectivity index (χ3v) is 4.44. The van der Waals surface area contributed by atoms with Crippen molar-refractivity contribution in [1.82, 2.24) is 5.32 Å². The lowest BCUT2D eigenvalue weighted by Crippen LogP contribution is -2.34. The van der Waals surface area contributed by atoms with Crippen LogP contribution < -0.4 is 5.32 Å². The molecule has 0 aliphatic heterocycles. The number of hydrogen-bond acceptors (Lipinski definition) is 2. The standard InChI is InChI=1S/C10H17Cl2NS/c1-14-10-4-2-9(3-5-10)13-7-8(12)6-11/h6,9-10,13H,2-5,7H2,1H3. The maximum absolute atomic E-state index is 5.80. The van der Waals surface area contributed by atoms with E-state index in [4.69, 9.17) is 23.2 Å². The summed E-state index contributed by atoms with van der Waals surface area (Å²) >= 11 is 13.3. The molecule has 1 fully saturated rings. The van der Waals surface area contributed by atoms with Gasteiger partial charge in [0.2, 0.25) is 0 Å². The highest BCUT2D eigenvalue weighted by atomic mass is 35.5. The Labute approximate surface area is 101 Å². The van der Waals surface area contributed by atoms with Crippen LogP contribution in [0.15, 0.2) is 10.6 Å². The zero-order valence-corrected chi connectivity index (χ0v) is 10.8. The second kappa shape index (κ2) is 7.00. The van der Waals surface area contributed by atoms with E-state index in [0.717, 1.165) is 5.25 Å². The average molecular weight is 254 g/mol. The Hall–Kier alpha value is 0.630. The van der Waals surface area contributed by atoms with E-state index in [0.29, 0.717) is 17.6 Å². The van der Waals surface area contributed by atoms with Crippen molar-refractivity contribution in [2.45, 2.75) is 37.0 Å². The molecule has 1 nitrogen and oxygen atoms in total. The van der Waals surface area contributed by atoms with E-state index in [1.54, 1.807) is 0 Å². The van der Waals surface area contributed by atoms with E-state index < -0.39 is 0 Å². The van der Waals surface area contributed by atoms with Crippen molar-refractivity contribution < 1.29 is 0 Å². The van der Waals surface area contributed by atoms with Crippen LogP contribution in [0.4, 0.5) is 0 Å². The summed E-state index contributed by atoms with van der Waals surface area (Å²) in [5, 5.41) is 4.98. The first kappa shape index (κ1) is 12.7. The van der Waals surface area contributed by atoms with Crippen LogP contribution >= 0.6 is 35.0 Å². The molecule has 4 heteroatoms. The second-order valence-electron chi connectivity index (χ2n) is 3.65. The molecular formula is C10H17Cl2NS. The summed E-state index contributed by atoms with van der Waals surface area (Å²) < 4.78 is 0. The van der Waals surface area contributed by atoms with Gasteiger partial charge in [0, 0.05) is 28.4 Å². The van der Waals surface area contributed by atoms with Crippen LogP contribution in [0.5, 0.6) is 0 Å². The molecule has 0 aromatic heterocycles. The lowest BCUT2D eigenvalue weighted by Gasteiger charge is -2.28. The summed E-state index contributed by atoms with van der Waals surface area (Å²) in [6, 6.07) is 0.628. The zero-order chi connectivity index (χ0) is 10.4. The molecule has 1 aliphatic rings. The van der Waals surface area contributed by atoms with E-state index in [9.17, 15) is 0 Å². The average Bonchev–Trinajstić information content (AvgIpc) is 2.26. The van der Waals surface area contributed by atoms with Crippen LogP contribution in [0.25, 0.3) is 0 Å². The Balaban J connectivity index is 2.16. The van der Waals surface area contributed by atoms with Crippen molar-refractivity contribution in [2.24, 2.45) is 0 Å². The van der Waals surface area contributed by atoms with Gasteiger partial charge in [-0.05, 0) is 31.9 Å². The summed E-state index contributed by atoms with van der Waals surface area (Å²) in [4.78, 5) is 0. The molecule has 0 atom stereocenters. The molecule has 14 heavy (non-hydrogen) atoms. The first-order valence-electron chi connectivity index (χ1n) is 4.97. The SMILES string of the molecule is CSC1CCC(NCC(Cl)=CCl)CC1. The Morgan fingerprint density at radius 1 is 1.43 bits per heavy atom. The molecular weight excluding hydrogens is 237 g/mol. The second-order valence-corrected chi connectivity index (χ2v) is 5.49. The fourth-order valence-corrected chi connectivity index (χ4v) is 2.68. The number of hydrogen-bond donors (Lipinski definition) is 1. The van der Waals surface area contributed by atoms with Gasteiger partial charge in [0.1, 0.15) is 0 Å². The van der Waals surface area contributed by atoms with Crippen molar-refractivity contribution in [3.63, 3.8) is 0 Å². The topological polar surface area (TPSA) is 12.0 Å². The third-order valence-electron chi connectivity index (χ3n) is 2.69. The Morgan fingerprint density at radius 2 is 2.07 bits per heavy atom. The van der Waals surface area contributed by atoms with Gasteiger partial charge in [-0.3, -0.25) is 0 Å². The minimum absolute atomic E-state index is 0.628. The van der Waals surface area contributed by atoms with Gasteiger partial charge in [-0.2, -0.15) is 11.8 Å². The summed E-state index contributed by atoms with van der Waals surface area (Å²) in [7, 11) is 0. The predicted molar refractivity (Wildman–Crippen MR) is 67.4 cm³/mol. The smallest absolute Gasteiger partial charge is 0.0431 e. The summed E-state index contributed by atoms with van der Waals surface area (Å²) in [5.41, 5.74) is 1.43. The van der Waals surface area contributed by atoms with Gasteiger partial charge in [0.15, 0.2) is 0 Å². The molecule has 1 saturated carbocycles. The lowest BCUT2D eigenvalue weighted by molar-refractivity contribution is 0.391. The van der Waals surface area contributed by atoms with Gasteiger partial charge in [0.25, 0.3) is 0 Å². The number of halogens is 2. The van der Waals surface area contributed by atoms with Crippen molar-refractivity contribution in [3.05, 3.63) is 10.6 Å². The molecule has 0 spiro atoms. The molecule has 0 unspecified atom stereocenters. The maximum atomic E-state index is 5.80. The Bertz CT molecular complexity index is 189. The fraction of sp³-hybridized carbons (Fsp3) is 0.800. The van der Waals surface area contributed by atoms with Gasteiger partial charge < -0.3 is 5.32 Å². The van der Waals surface area contributed by atoms with Crippen LogP contribution in [-0.2, 0) is 0 Å². The van der Waals surface area contributed by atoms with Crippen LogP contribution in [-0.4, -0.2) is 24.1 Å².